The van der Waals surface area contributed by atoms with Gasteiger partial charge in [-0.1, -0.05) is 17.7 Å². The van der Waals surface area contributed by atoms with Crippen LogP contribution in [-0.2, 0) is 9.84 Å². The van der Waals surface area contributed by atoms with Crippen LogP contribution < -0.4 is 5.56 Å². The van der Waals surface area contributed by atoms with E-state index < -0.39 is 15.4 Å². The highest BCUT2D eigenvalue weighted by molar-refractivity contribution is 7.91. The van der Waals surface area contributed by atoms with Gasteiger partial charge in [-0.05, 0) is 26.0 Å². The molecule has 0 bridgehead atoms. The second kappa shape index (κ2) is 4.38. The zero-order chi connectivity index (χ0) is 13.3. The molecule has 94 valence electrons. The van der Waals surface area contributed by atoms with E-state index in [9.17, 15) is 13.2 Å². The fourth-order valence-corrected chi connectivity index (χ4v) is 2.96. The van der Waals surface area contributed by atoms with E-state index in [0.29, 0.717) is 0 Å². The summed E-state index contributed by atoms with van der Waals surface area (Å²) < 4.78 is 24.6. The molecule has 1 N–H and O–H groups in total. The molecular formula is C12H12N2O3S. The standard InChI is InChI=1S/C12H12N2O3S/c1-8-3-5-10(6-4-8)18(16,17)12-9(2)11(15)13-7-14-12/h3-7H,1-2H3,(H,13,14,15). The first-order valence-electron chi connectivity index (χ1n) is 5.29. The molecule has 0 aliphatic heterocycles. The van der Waals surface area contributed by atoms with Crippen molar-refractivity contribution in [1.82, 2.24) is 9.97 Å². The highest BCUT2D eigenvalue weighted by Crippen LogP contribution is 2.20. The molecule has 0 unspecified atom stereocenters. The van der Waals surface area contributed by atoms with Gasteiger partial charge in [-0.2, -0.15) is 0 Å². The lowest BCUT2D eigenvalue weighted by atomic mass is 10.2. The third kappa shape index (κ3) is 2.06. The summed E-state index contributed by atoms with van der Waals surface area (Å²) in [6.07, 6.45) is 1.09. The average molecular weight is 264 g/mol. The van der Waals surface area contributed by atoms with E-state index in [1.807, 2.05) is 6.92 Å². The summed E-state index contributed by atoms with van der Waals surface area (Å²) in [7, 11) is -3.74. The third-order valence-electron chi connectivity index (χ3n) is 2.62. The van der Waals surface area contributed by atoms with Crippen LogP contribution in [0.5, 0.6) is 0 Å². The summed E-state index contributed by atoms with van der Waals surface area (Å²) >= 11 is 0. The number of sulfone groups is 1. The lowest BCUT2D eigenvalue weighted by Gasteiger charge is -2.05. The van der Waals surface area contributed by atoms with Gasteiger partial charge in [0.05, 0.1) is 16.8 Å². The minimum absolute atomic E-state index is 0.0954. The van der Waals surface area contributed by atoms with Crippen LogP contribution in [0, 0.1) is 13.8 Å². The Kier molecular flexibility index (Phi) is 3.04. The molecule has 1 aromatic carbocycles. The van der Waals surface area contributed by atoms with Crippen molar-refractivity contribution in [2.75, 3.05) is 0 Å². The van der Waals surface area contributed by atoms with Gasteiger partial charge in [0, 0.05) is 0 Å². The van der Waals surface area contributed by atoms with E-state index in [1.54, 1.807) is 12.1 Å². The van der Waals surface area contributed by atoms with Gasteiger partial charge >= 0.3 is 0 Å². The van der Waals surface area contributed by atoms with Crippen LogP contribution in [0.15, 0.2) is 45.3 Å². The van der Waals surface area contributed by atoms with Crippen molar-refractivity contribution in [3.05, 3.63) is 52.1 Å². The molecule has 18 heavy (non-hydrogen) atoms. The normalized spacial score (nSPS) is 11.4. The third-order valence-corrected chi connectivity index (χ3v) is 4.44. The molecule has 0 atom stereocenters. The molecule has 0 spiro atoms. The molecule has 2 aromatic rings. The van der Waals surface area contributed by atoms with Gasteiger partial charge in [-0.15, -0.1) is 0 Å². The zero-order valence-corrected chi connectivity index (χ0v) is 10.8. The summed E-state index contributed by atoms with van der Waals surface area (Å²) in [5, 5.41) is -0.199. The van der Waals surface area contributed by atoms with E-state index in [-0.39, 0.29) is 15.5 Å². The maximum absolute atomic E-state index is 12.3. The second-order valence-corrected chi connectivity index (χ2v) is 5.84. The number of aromatic amines is 1. The van der Waals surface area contributed by atoms with Crippen LogP contribution in [0.1, 0.15) is 11.1 Å². The first-order chi connectivity index (χ1) is 8.43. The van der Waals surface area contributed by atoms with E-state index in [4.69, 9.17) is 0 Å². The summed E-state index contributed by atoms with van der Waals surface area (Å²) in [5.41, 5.74) is 0.610. The van der Waals surface area contributed by atoms with Gasteiger partial charge in [-0.25, -0.2) is 13.4 Å². The minimum Gasteiger partial charge on any atom is -0.313 e. The maximum Gasteiger partial charge on any atom is 0.254 e. The summed E-state index contributed by atoms with van der Waals surface area (Å²) in [4.78, 5) is 17.7. The molecule has 0 saturated heterocycles. The van der Waals surface area contributed by atoms with E-state index in [2.05, 4.69) is 9.97 Å². The van der Waals surface area contributed by atoms with Gasteiger partial charge in [-0.3, -0.25) is 4.79 Å². The van der Waals surface area contributed by atoms with E-state index in [1.165, 1.54) is 19.1 Å². The number of hydrogen-bond donors (Lipinski definition) is 1. The van der Waals surface area contributed by atoms with Gasteiger partial charge in [0.1, 0.15) is 0 Å². The predicted octanol–water partition coefficient (Wildman–Crippen LogP) is 1.22. The Morgan fingerprint density at radius 2 is 1.72 bits per heavy atom. The Hall–Kier alpha value is -1.95. The highest BCUT2D eigenvalue weighted by Gasteiger charge is 2.22. The number of H-pyrrole nitrogens is 1. The van der Waals surface area contributed by atoms with E-state index in [0.717, 1.165) is 11.9 Å². The summed E-state index contributed by atoms with van der Waals surface area (Å²) in [5.74, 6) is 0. The molecule has 6 heteroatoms. The number of nitrogens with one attached hydrogen (secondary N) is 1. The second-order valence-electron chi connectivity index (χ2n) is 3.98. The van der Waals surface area contributed by atoms with Crippen molar-refractivity contribution in [3.63, 3.8) is 0 Å². The Morgan fingerprint density at radius 3 is 2.33 bits per heavy atom. The quantitative estimate of drug-likeness (QED) is 0.827. The number of aryl methyl sites for hydroxylation is 1. The first-order valence-corrected chi connectivity index (χ1v) is 6.77. The molecule has 2 rings (SSSR count). The maximum atomic E-state index is 12.3. The van der Waals surface area contributed by atoms with Crippen LogP contribution in [0.25, 0.3) is 0 Å². The van der Waals surface area contributed by atoms with Gasteiger partial charge in [0.2, 0.25) is 9.84 Å². The molecule has 5 nitrogen and oxygen atoms in total. The molecule has 1 aromatic heterocycles. The average Bonchev–Trinajstić information content (AvgIpc) is 2.33. The van der Waals surface area contributed by atoms with Crippen LogP contribution in [0.2, 0.25) is 0 Å². The molecule has 0 amide bonds. The summed E-state index contributed by atoms with van der Waals surface area (Å²) in [6, 6.07) is 6.42. The van der Waals surface area contributed by atoms with Crippen molar-refractivity contribution in [2.45, 2.75) is 23.8 Å². The largest absolute Gasteiger partial charge is 0.313 e. The number of rotatable bonds is 2. The molecular weight excluding hydrogens is 252 g/mol. The summed E-state index contributed by atoms with van der Waals surface area (Å²) in [6.45, 7) is 3.31. The van der Waals surface area contributed by atoms with Crippen LogP contribution in [-0.4, -0.2) is 18.4 Å². The monoisotopic (exact) mass is 264 g/mol. The fraction of sp³-hybridized carbons (Fsp3) is 0.167. The molecule has 0 saturated carbocycles. The Morgan fingerprint density at radius 1 is 1.11 bits per heavy atom. The lowest BCUT2D eigenvalue weighted by molar-refractivity contribution is 0.590. The minimum atomic E-state index is -3.74. The highest BCUT2D eigenvalue weighted by atomic mass is 32.2. The predicted molar refractivity (Wildman–Crippen MR) is 66.2 cm³/mol. The number of aromatic nitrogens is 2. The van der Waals surface area contributed by atoms with Crippen molar-refractivity contribution < 1.29 is 8.42 Å². The van der Waals surface area contributed by atoms with Crippen molar-refractivity contribution >= 4 is 9.84 Å². The van der Waals surface area contributed by atoms with Crippen molar-refractivity contribution in [1.29, 1.82) is 0 Å². The number of nitrogens with zero attached hydrogens (tertiary/aromatic N) is 1. The molecule has 0 fully saturated rings. The Labute approximate surface area is 104 Å². The van der Waals surface area contributed by atoms with Gasteiger partial charge in [0.25, 0.3) is 5.56 Å². The van der Waals surface area contributed by atoms with Gasteiger partial charge < -0.3 is 4.98 Å². The van der Waals surface area contributed by atoms with Crippen LogP contribution >= 0.6 is 0 Å². The fourth-order valence-electron chi connectivity index (χ4n) is 1.55. The van der Waals surface area contributed by atoms with E-state index >= 15 is 0 Å². The Balaban J connectivity index is 2.66. The zero-order valence-electron chi connectivity index (χ0n) is 9.97. The van der Waals surface area contributed by atoms with Crippen molar-refractivity contribution in [2.24, 2.45) is 0 Å². The van der Waals surface area contributed by atoms with Gasteiger partial charge in [0.15, 0.2) is 5.03 Å². The topological polar surface area (TPSA) is 79.9 Å². The first kappa shape index (κ1) is 12.5. The molecule has 1 heterocycles. The molecule has 0 aliphatic rings. The molecule has 0 aliphatic carbocycles. The number of benzene rings is 1. The number of hydrogen-bond acceptors (Lipinski definition) is 4. The molecule has 0 radical (unpaired) electrons. The van der Waals surface area contributed by atoms with Crippen molar-refractivity contribution in [3.8, 4) is 0 Å². The van der Waals surface area contributed by atoms with Crippen LogP contribution in [0.4, 0.5) is 0 Å². The SMILES string of the molecule is Cc1ccc(S(=O)(=O)c2nc[nH]c(=O)c2C)cc1. The smallest absolute Gasteiger partial charge is 0.254 e. The van der Waals surface area contributed by atoms with Crippen LogP contribution in [0.3, 0.4) is 0 Å². The Bertz CT molecular complexity index is 731. The lowest BCUT2D eigenvalue weighted by Crippen LogP contribution is -2.17.